The first-order valence-electron chi connectivity index (χ1n) is 9.50. The number of nitrogens with zero attached hydrogens (tertiary/aromatic N) is 1. The predicted molar refractivity (Wildman–Crippen MR) is 108 cm³/mol. The second-order valence-electron chi connectivity index (χ2n) is 6.78. The van der Waals surface area contributed by atoms with Crippen LogP contribution in [0.15, 0.2) is 36.4 Å². The lowest BCUT2D eigenvalue weighted by atomic mass is 9.98. The standard InChI is InChI=1S/C22H28N2O4/c1-26-19-7-5-4-6-17(19)14-23-10-8-22(25)24-11-9-16-12-20(27-2)21(28-3)13-18(16)15-24/h4-7,12-13,23H,8-11,14-15H2,1-3H3. The summed E-state index contributed by atoms with van der Waals surface area (Å²) >= 11 is 0. The number of carbonyl (C=O) groups excluding carboxylic acids is 1. The van der Waals surface area contributed by atoms with Gasteiger partial charge in [-0.3, -0.25) is 4.79 Å². The first-order chi connectivity index (χ1) is 13.7. The van der Waals surface area contributed by atoms with Crippen molar-refractivity contribution in [3.05, 3.63) is 53.1 Å². The monoisotopic (exact) mass is 384 g/mol. The minimum atomic E-state index is 0.160. The summed E-state index contributed by atoms with van der Waals surface area (Å²) in [5, 5.41) is 3.33. The van der Waals surface area contributed by atoms with Crippen LogP contribution in [0.25, 0.3) is 0 Å². The Morgan fingerprint density at radius 3 is 2.39 bits per heavy atom. The average molecular weight is 384 g/mol. The Labute approximate surface area is 166 Å². The van der Waals surface area contributed by atoms with Crippen LogP contribution in [0.5, 0.6) is 17.2 Å². The van der Waals surface area contributed by atoms with Crippen LogP contribution in [0.3, 0.4) is 0 Å². The zero-order chi connectivity index (χ0) is 19.9. The molecule has 6 heteroatoms. The van der Waals surface area contributed by atoms with E-state index in [-0.39, 0.29) is 5.91 Å². The molecule has 0 radical (unpaired) electrons. The SMILES string of the molecule is COc1ccccc1CNCCC(=O)N1CCc2cc(OC)c(OC)cc2C1. The summed E-state index contributed by atoms with van der Waals surface area (Å²) in [7, 11) is 4.94. The van der Waals surface area contributed by atoms with Gasteiger partial charge in [0.2, 0.25) is 5.91 Å². The zero-order valence-corrected chi connectivity index (χ0v) is 16.8. The van der Waals surface area contributed by atoms with E-state index in [0.29, 0.717) is 31.8 Å². The summed E-state index contributed by atoms with van der Waals surface area (Å²) in [6, 6.07) is 11.9. The molecule has 0 atom stereocenters. The molecule has 3 rings (SSSR count). The third-order valence-electron chi connectivity index (χ3n) is 5.09. The quantitative estimate of drug-likeness (QED) is 0.709. The molecule has 1 amide bonds. The lowest BCUT2D eigenvalue weighted by molar-refractivity contribution is -0.132. The number of hydrogen-bond acceptors (Lipinski definition) is 5. The summed E-state index contributed by atoms with van der Waals surface area (Å²) in [6.45, 7) is 2.65. The fraction of sp³-hybridized carbons (Fsp3) is 0.409. The van der Waals surface area contributed by atoms with Crippen molar-refractivity contribution in [2.24, 2.45) is 0 Å². The molecule has 0 aliphatic carbocycles. The molecule has 1 heterocycles. The molecular weight excluding hydrogens is 356 g/mol. The highest BCUT2D eigenvalue weighted by Gasteiger charge is 2.22. The first kappa shape index (κ1) is 20.0. The van der Waals surface area contributed by atoms with Gasteiger partial charge in [-0.15, -0.1) is 0 Å². The largest absolute Gasteiger partial charge is 0.496 e. The van der Waals surface area contributed by atoms with Gasteiger partial charge in [-0.2, -0.15) is 0 Å². The number of amides is 1. The maximum atomic E-state index is 12.6. The fourth-order valence-corrected chi connectivity index (χ4v) is 3.52. The number of rotatable bonds is 8. The predicted octanol–water partition coefficient (Wildman–Crippen LogP) is 2.78. The van der Waals surface area contributed by atoms with Gasteiger partial charge in [0.25, 0.3) is 0 Å². The second kappa shape index (κ2) is 9.46. The average Bonchev–Trinajstić information content (AvgIpc) is 2.75. The second-order valence-corrected chi connectivity index (χ2v) is 6.78. The van der Waals surface area contributed by atoms with Crippen molar-refractivity contribution in [3.8, 4) is 17.2 Å². The lowest BCUT2D eigenvalue weighted by Gasteiger charge is -2.29. The number of ether oxygens (including phenoxy) is 3. The topological polar surface area (TPSA) is 60.0 Å². The minimum Gasteiger partial charge on any atom is -0.496 e. The maximum absolute atomic E-state index is 12.6. The molecule has 0 fully saturated rings. The maximum Gasteiger partial charge on any atom is 0.224 e. The van der Waals surface area contributed by atoms with Gasteiger partial charge in [0.1, 0.15) is 5.75 Å². The van der Waals surface area contributed by atoms with Crippen molar-refractivity contribution in [1.29, 1.82) is 0 Å². The lowest BCUT2D eigenvalue weighted by Crippen LogP contribution is -2.37. The molecule has 0 spiro atoms. The number of benzene rings is 2. The van der Waals surface area contributed by atoms with Crippen LogP contribution in [0.2, 0.25) is 0 Å². The summed E-state index contributed by atoms with van der Waals surface area (Å²) in [5.74, 6) is 2.46. The zero-order valence-electron chi connectivity index (χ0n) is 16.8. The number of nitrogens with one attached hydrogen (secondary N) is 1. The van der Waals surface area contributed by atoms with Crippen LogP contribution in [0.1, 0.15) is 23.1 Å². The van der Waals surface area contributed by atoms with Crippen molar-refractivity contribution in [3.63, 3.8) is 0 Å². The Bertz CT molecular complexity index is 822. The molecular formula is C22H28N2O4. The van der Waals surface area contributed by atoms with E-state index in [0.717, 1.165) is 35.6 Å². The molecule has 0 unspecified atom stereocenters. The van der Waals surface area contributed by atoms with Crippen molar-refractivity contribution in [2.45, 2.75) is 25.9 Å². The van der Waals surface area contributed by atoms with Gasteiger partial charge < -0.3 is 24.4 Å². The molecule has 150 valence electrons. The number of fused-ring (bicyclic) bond motifs is 1. The molecule has 28 heavy (non-hydrogen) atoms. The Hall–Kier alpha value is -2.73. The fourth-order valence-electron chi connectivity index (χ4n) is 3.52. The number of hydrogen-bond donors (Lipinski definition) is 1. The van der Waals surface area contributed by atoms with E-state index in [9.17, 15) is 4.79 Å². The molecule has 1 N–H and O–H groups in total. The molecule has 0 bridgehead atoms. The highest BCUT2D eigenvalue weighted by molar-refractivity contribution is 5.76. The van der Waals surface area contributed by atoms with Gasteiger partial charge in [-0.1, -0.05) is 18.2 Å². The van der Waals surface area contributed by atoms with Crippen LogP contribution < -0.4 is 19.5 Å². The van der Waals surface area contributed by atoms with E-state index < -0.39 is 0 Å². The van der Waals surface area contributed by atoms with Gasteiger partial charge in [0.15, 0.2) is 11.5 Å². The Morgan fingerprint density at radius 2 is 1.68 bits per heavy atom. The van der Waals surface area contributed by atoms with E-state index >= 15 is 0 Å². The van der Waals surface area contributed by atoms with Crippen molar-refractivity contribution in [2.75, 3.05) is 34.4 Å². The van der Waals surface area contributed by atoms with Crippen LogP contribution >= 0.6 is 0 Å². The molecule has 0 saturated heterocycles. The molecule has 1 aliphatic heterocycles. The van der Waals surface area contributed by atoms with E-state index in [1.54, 1.807) is 21.3 Å². The molecule has 2 aromatic rings. The van der Waals surface area contributed by atoms with Crippen LogP contribution in [-0.2, 0) is 24.3 Å². The highest BCUT2D eigenvalue weighted by Crippen LogP contribution is 2.33. The van der Waals surface area contributed by atoms with Crippen LogP contribution in [0, 0.1) is 0 Å². The smallest absolute Gasteiger partial charge is 0.224 e. The molecule has 2 aromatic carbocycles. The minimum absolute atomic E-state index is 0.160. The number of carbonyl (C=O) groups is 1. The van der Waals surface area contributed by atoms with E-state index in [1.807, 2.05) is 41.3 Å². The first-order valence-corrected chi connectivity index (χ1v) is 9.50. The summed E-state index contributed by atoms with van der Waals surface area (Å²) in [5.41, 5.74) is 3.43. The molecule has 0 aromatic heterocycles. The molecule has 1 aliphatic rings. The summed E-state index contributed by atoms with van der Waals surface area (Å²) in [6.07, 6.45) is 1.30. The van der Waals surface area contributed by atoms with Gasteiger partial charge >= 0.3 is 0 Å². The van der Waals surface area contributed by atoms with E-state index in [4.69, 9.17) is 14.2 Å². The van der Waals surface area contributed by atoms with Gasteiger partial charge in [0.05, 0.1) is 21.3 Å². The Morgan fingerprint density at radius 1 is 1.00 bits per heavy atom. The van der Waals surface area contributed by atoms with Crippen LogP contribution in [-0.4, -0.2) is 45.2 Å². The highest BCUT2D eigenvalue weighted by atomic mass is 16.5. The Kier molecular flexibility index (Phi) is 6.76. The normalized spacial score (nSPS) is 13.0. The molecule has 0 saturated carbocycles. The number of para-hydroxylation sites is 1. The van der Waals surface area contributed by atoms with Gasteiger partial charge in [0, 0.05) is 38.2 Å². The third kappa shape index (κ3) is 4.57. The van der Waals surface area contributed by atoms with Crippen molar-refractivity contribution >= 4 is 5.91 Å². The number of methoxy groups -OCH3 is 3. The third-order valence-corrected chi connectivity index (χ3v) is 5.09. The van der Waals surface area contributed by atoms with Crippen LogP contribution in [0.4, 0.5) is 0 Å². The van der Waals surface area contributed by atoms with Crippen molar-refractivity contribution < 1.29 is 19.0 Å². The molecule has 6 nitrogen and oxygen atoms in total. The van der Waals surface area contributed by atoms with Crippen molar-refractivity contribution in [1.82, 2.24) is 10.2 Å². The van der Waals surface area contributed by atoms with Gasteiger partial charge in [-0.25, -0.2) is 0 Å². The van der Waals surface area contributed by atoms with E-state index in [2.05, 4.69) is 5.32 Å². The summed E-state index contributed by atoms with van der Waals surface area (Å²) < 4.78 is 16.1. The Balaban J connectivity index is 1.52. The van der Waals surface area contributed by atoms with E-state index in [1.165, 1.54) is 5.56 Å². The summed E-state index contributed by atoms with van der Waals surface area (Å²) in [4.78, 5) is 14.5. The van der Waals surface area contributed by atoms with Gasteiger partial charge in [-0.05, 0) is 35.7 Å².